The number of hydrogen-bond acceptors (Lipinski definition) is 5. The zero-order chi connectivity index (χ0) is 23.1. The third-order valence-electron chi connectivity index (χ3n) is 4.81. The number of aliphatic hydroxyl groups is 1. The third-order valence-corrected chi connectivity index (χ3v) is 4.81. The molecule has 3 aromatic heterocycles. The third kappa shape index (κ3) is 4.38. The highest BCUT2D eigenvalue weighted by atomic mass is 19.4. The molecule has 0 bridgehead atoms. The molecule has 0 radical (unpaired) electrons. The van der Waals surface area contributed by atoms with Gasteiger partial charge in [0.2, 0.25) is 0 Å². The van der Waals surface area contributed by atoms with Gasteiger partial charge < -0.3 is 5.11 Å². The molecule has 0 saturated heterocycles. The van der Waals surface area contributed by atoms with Crippen LogP contribution in [0.25, 0.3) is 33.4 Å². The van der Waals surface area contributed by atoms with E-state index in [-0.39, 0.29) is 11.9 Å². The molecule has 4 rings (SSSR count). The highest BCUT2D eigenvalue weighted by Crippen LogP contribution is 2.32. The van der Waals surface area contributed by atoms with Crippen LogP contribution >= 0.6 is 0 Å². The Morgan fingerprint density at radius 3 is 2.38 bits per heavy atom. The number of hydrogen-bond donors (Lipinski definition) is 1. The van der Waals surface area contributed by atoms with Gasteiger partial charge in [-0.25, -0.2) is 9.97 Å². The Kier molecular flexibility index (Phi) is 5.29. The van der Waals surface area contributed by atoms with E-state index in [1.165, 1.54) is 29.1 Å². The molecule has 0 saturated carbocycles. The maximum Gasteiger partial charge on any atom is 0.416 e. The number of nitrogens with zero attached hydrogens (tertiary/aromatic N) is 4. The molecule has 0 aliphatic carbocycles. The Labute approximate surface area is 181 Å². The molecular weight excluding hydrogens is 421 g/mol. The Morgan fingerprint density at radius 1 is 1.06 bits per heavy atom. The van der Waals surface area contributed by atoms with Crippen molar-refractivity contribution in [1.82, 2.24) is 19.5 Å². The molecule has 0 aliphatic heterocycles. The zero-order valence-electron chi connectivity index (χ0n) is 17.3. The standard InChI is InChI=1S/C23H19F3N4O2/c1-22(2,32)12-30-13-28-20-17(21(30)31)10-18(29-19(20)15-4-3-9-27-11-15)14-5-7-16(8-6-14)23(24,25)26/h3-11,13,32H,12H2,1-2H3. The minimum absolute atomic E-state index is 0.0228. The number of pyridine rings is 2. The van der Waals surface area contributed by atoms with Crippen LogP contribution in [0.1, 0.15) is 19.4 Å². The molecule has 0 spiro atoms. The molecule has 0 fully saturated rings. The van der Waals surface area contributed by atoms with Crippen LogP contribution in [0.3, 0.4) is 0 Å². The molecule has 0 aliphatic rings. The summed E-state index contributed by atoms with van der Waals surface area (Å²) in [6.45, 7) is 3.17. The molecule has 9 heteroatoms. The lowest BCUT2D eigenvalue weighted by molar-refractivity contribution is -0.137. The van der Waals surface area contributed by atoms with E-state index in [4.69, 9.17) is 0 Å². The molecule has 6 nitrogen and oxygen atoms in total. The van der Waals surface area contributed by atoms with Gasteiger partial charge in [-0.1, -0.05) is 12.1 Å². The molecule has 0 amide bonds. The first-order valence-corrected chi connectivity index (χ1v) is 9.73. The van der Waals surface area contributed by atoms with Crippen molar-refractivity contribution >= 4 is 10.9 Å². The van der Waals surface area contributed by atoms with Crippen LogP contribution in [0.2, 0.25) is 0 Å². The quantitative estimate of drug-likeness (QED) is 0.512. The average Bonchev–Trinajstić information content (AvgIpc) is 2.74. The number of fused-ring (bicyclic) bond motifs is 1. The number of rotatable bonds is 4. The number of alkyl halides is 3. The Balaban J connectivity index is 1.95. The Morgan fingerprint density at radius 2 is 1.78 bits per heavy atom. The van der Waals surface area contributed by atoms with Gasteiger partial charge in [0.1, 0.15) is 5.52 Å². The summed E-state index contributed by atoms with van der Waals surface area (Å²) >= 11 is 0. The second-order valence-corrected chi connectivity index (χ2v) is 8.06. The molecule has 164 valence electrons. The first-order chi connectivity index (χ1) is 15.0. The van der Waals surface area contributed by atoms with Crippen molar-refractivity contribution in [1.29, 1.82) is 0 Å². The number of aromatic nitrogens is 4. The monoisotopic (exact) mass is 440 g/mol. The van der Waals surface area contributed by atoms with E-state index in [2.05, 4.69) is 15.0 Å². The van der Waals surface area contributed by atoms with Crippen LogP contribution in [-0.2, 0) is 12.7 Å². The second kappa shape index (κ2) is 7.83. The minimum Gasteiger partial charge on any atom is -0.389 e. The molecule has 1 aromatic carbocycles. The summed E-state index contributed by atoms with van der Waals surface area (Å²) < 4.78 is 40.2. The van der Waals surface area contributed by atoms with Crippen LogP contribution < -0.4 is 5.56 Å². The van der Waals surface area contributed by atoms with Crippen LogP contribution in [-0.4, -0.2) is 30.2 Å². The predicted molar refractivity (Wildman–Crippen MR) is 114 cm³/mol. The summed E-state index contributed by atoms with van der Waals surface area (Å²) in [6.07, 6.45) is 0.0600. The summed E-state index contributed by atoms with van der Waals surface area (Å²) in [6, 6.07) is 9.56. The Bertz CT molecular complexity index is 1330. The number of benzene rings is 1. The SMILES string of the molecule is CC(C)(O)Cn1cnc2c(-c3cccnc3)nc(-c3ccc(C(F)(F)F)cc3)cc2c1=O. The van der Waals surface area contributed by atoms with Crippen LogP contribution in [0, 0.1) is 0 Å². The van der Waals surface area contributed by atoms with E-state index in [9.17, 15) is 23.1 Å². The largest absolute Gasteiger partial charge is 0.416 e. The molecule has 1 N–H and O–H groups in total. The smallest absolute Gasteiger partial charge is 0.389 e. The molecule has 32 heavy (non-hydrogen) atoms. The van der Waals surface area contributed by atoms with Crippen molar-refractivity contribution < 1.29 is 18.3 Å². The maximum absolute atomic E-state index is 13.2. The van der Waals surface area contributed by atoms with Gasteiger partial charge >= 0.3 is 6.18 Å². The van der Waals surface area contributed by atoms with Gasteiger partial charge in [0.15, 0.2) is 0 Å². The maximum atomic E-state index is 13.2. The highest BCUT2D eigenvalue weighted by molar-refractivity contribution is 5.93. The zero-order valence-corrected chi connectivity index (χ0v) is 17.3. The van der Waals surface area contributed by atoms with Gasteiger partial charge in [-0.3, -0.25) is 14.3 Å². The topological polar surface area (TPSA) is 80.9 Å². The number of halogens is 3. The molecule has 0 atom stereocenters. The Hall–Kier alpha value is -3.59. The fraction of sp³-hybridized carbons (Fsp3) is 0.217. The normalized spacial score (nSPS) is 12.3. The minimum atomic E-state index is -4.45. The van der Waals surface area contributed by atoms with Gasteiger partial charge in [0.25, 0.3) is 5.56 Å². The lowest BCUT2D eigenvalue weighted by Crippen LogP contribution is -2.33. The van der Waals surface area contributed by atoms with Gasteiger partial charge in [0.05, 0.1) is 40.8 Å². The predicted octanol–water partition coefficient (Wildman–Crippen LogP) is 4.31. The lowest BCUT2D eigenvalue weighted by Gasteiger charge is -2.19. The molecule has 4 aromatic rings. The summed E-state index contributed by atoms with van der Waals surface area (Å²) in [7, 11) is 0. The highest BCUT2D eigenvalue weighted by Gasteiger charge is 2.30. The van der Waals surface area contributed by atoms with Crippen molar-refractivity contribution in [3.05, 3.63) is 77.1 Å². The van der Waals surface area contributed by atoms with Gasteiger partial charge in [-0.15, -0.1) is 0 Å². The summed E-state index contributed by atoms with van der Waals surface area (Å²) in [4.78, 5) is 26.3. The van der Waals surface area contributed by atoms with Gasteiger partial charge in [-0.2, -0.15) is 13.2 Å². The van der Waals surface area contributed by atoms with Gasteiger partial charge in [0, 0.05) is 23.5 Å². The van der Waals surface area contributed by atoms with Crippen molar-refractivity contribution in [3.63, 3.8) is 0 Å². The summed E-state index contributed by atoms with van der Waals surface area (Å²) in [5.74, 6) is 0. The fourth-order valence-electron chi connectivity index (χ4n) is 3.38. The van der Waals surface area contributed by atoms with Crippen molar-refractivity contribution in [2.24, 2.45) is 0 Å². The van der Waals surface area contributed by atoms with Crippen molar-refractivity contribution in [2.75, 3.05) is 0 Å². The van der Waals surface area contributed by atoms with Crippen molar-refractivity contribution in [2.45, 2.75) is 32.2 Å². The van der Waals surface area contributed by atoms with E-state index >= 15 is 0 Å². The average molecular weight is 440 g/mol. The van der Waals surface area contributed by atoms with E-state index in [0.29, 0.717) is 28.0 Å². The van der Waals surface area contributed by atoms with Crippen molar-refractivity contribution in [3.8, 4) is 22.5 Å². The summed E-state index contributed by atoms with van der Waals surface area (Å²) in [5, 5.41) is 10.4. The molecular formula is C23H19F3N4O2. The van der Waals surface area contributed by atoms with E-state index in [1.807, 2.05) is 0 Å². The fourth-order valence-corrected chi connectivity index (χ4v) is 3.38. The molecule has 0 unspecified atom stereocenters. The van der Waals surface area contributed by atoms with Crippen LogP contribution in [0.15, 0.2) is 66.0 Å². The van der Waals surface area contributed by atoms with E-state index < -0.39 is 22.9 Å². The first-order valence-electron chi connectivity index (χ1n) is 9.73. The summed E-state index contributed by atoms with van der Waals surface area (Å²) in [5.41, 5.74) is -0.231. The van der Waals surface area contributed by atoms with Crippen LogP contribution in [0.5, 0.6) is 0 Å². The lowest BCUT2D eigenvalue weighted by atomic mass is 10.0. The van der Waals surface area contributed by atoms with E-state index in [0.717, 1.165) is 12.1 Å². The van der Waals surface area contributed by atoms with Gasteiger partial charge in [-0.05, 0) is 44.2 Å². The van der Waals surface area contributed by atoms with Crippen LogP contribution in [0.4, 0.5) is 13.2 Å². The molecule has 3 heterocycles. The van der Waals surface area contributed by atoms with E-state index in [1.54, 1.807) is 38.4 Å². The second-order valence-electron chi connectivity index (χ2n) is 8.06. The first kappa shape index (κ1) is 21.6.